The molecule has 110 valence electrons. The van der Waals surface area contributed by atoms with Crippen LogP contribution in [0.3, 0.4) is 0 Å². The summed E-state index contributed by atoms with van der Waals surface area (Å²) in [6.07, 6.45) is 5.73. The smallest absolute Gasteiger partial charge is 0.0657 e. The predicted octanol–water partition coefficient (Wildman–Crippen LogP) is 1.89. The highest BCUT2D eigenvalue weighted by Crippen LogP contribution is 2.55. The molecule has 4 bridgehead atoms. The molecule has 4 N–H and O–H groups in total. The van der Waals surface area contributed by atoms with E-state index in [4.69, 9.17) is 5.73 Å². The average molecular weight is 266 g/mol. The Morgan fingerprint density at radius 3 is 2.32 bits per heavy atom. The molecule has 3 nitrogen and oxygen atoms in total. The van der Waals surface area contributed by atoms with Gasteiger partial charge in [-0.05, 0) is 62.7 Å². The molecule has 0 radical (unpaired) electrons. The van der Waals surface area contributed by atoms with Gasteiger partial charge in [-0.2, -0.15) is 0 Å². The lowest BCUT2D eigenvalue weighted by Crippen LogP contribution is -2.63. The fourth-order valence-corrected chi connectivity index (χ4v) is 4.86. The standard InChI is InChI=1S/C16H30N2O/c1-10(2)15(3,17)9-18-14-12-4-11-5-13(14)8-16(19,6-11)7-12/h10-14,18-19H,4-9,17H2,1-3H3. The van der Waals surface area contributed by atoms with Crippen molar-refractivity contribution in [2.24, 2.45) is 29.4 Å². The van der Waals surface area contributed by atoms with Crippen molar-refractivity contribution < 1.29 is 5.11 Å². The van der Waals surface area contributed by atoms with Gasteiger partial charge in [0.15, 0.2) is 0 Å². The monoisotopic (exact) mass is 266 g/mol. The number of aliphatic hydroxyl groups is 1. The number of hydrogen-bond acceptors (Lipinski definition) is 3. The van der Waals surface area contributed by atoms with E-state index in [0.717, 1.165) is 31.7 Å². The van der Waals surface area contributed by atoms with Crippen LogP contribution in [-0.2, 0) is 0 Å². The molecule has 3 heteroatoms. The molecule has 3 atom stereocenters. The van der Waals surface area contributed by atoms with Gasteiger partial charge in [0.1, 0.15) is 0 Å². The van der Waals surface area contributed by atoms with Crippen molar-refractivity contribution in [3.05, 3.63) is 0 Å². The maximum atomic E-state index is 10.6. The zero-order chi connectivity index (χ0) is 13.8. The lowest BCUT2D eigenvalue weighted by molar-refractivity contribution is -0.139. The van der Waals surface area contributed by atoms with Crippen molar-refractivity contribution in [1.29, 1.82) is 0 Å². The van der Waals surface area contributed by atoms with Crippen molar-refractivity contribution in [3.8, 4) is 0 Å². The topological polar surface area (TPSA) is 58.3 Å². The minimum absolute atomic E-state index is 0.133. The van der Waals surface area contributed by atoms with Gasteiger partial charge in [-0.25, -0.2) is 0 Å². The Kier molecular flexibility index (Phi) is 3.23. The van der Waals surface area contributed by atoms with E-state index < -0.39 is 0 Å². The van der Waals surface area contributed by atoms with Gasteiger partial charge in [0.05, 0.1) is 5.60 Å². The van der Waals surface area contributed by atoms with Crippen molar-refractivity contribution in [3.63, 3.8) is 0 Å². The molecule has 19 heavy (non-hydrogen) atoms. The summed E-state index contributed by atoms with van der Waals surface area (Å²) in [6, 6.07) is 0.596. The second-order valence-electron chi connectivity index (χ2n) is 8.26. The van der Waals surface area contributed by atoms with E-state index in [1.165, 1.54) is 12.8 Å². The Labute approximate surface area is 117 Å². The zero-order valence-corrected chi connectivity index (χ0v) is 12.7. The Morgan fingerprint density at radius 2 is 1.84 bits per heavy atom. The van der Waals surface area contributed by atoms with Crippen LogP contribution in [0.1, 0.15) is 52.9 Å². The molecule has 4 aliphatic rings. The van der Waals surface area contributed by atoms with Gasteiger partial charge < -0.3 is 16.2 Å². The van der Waals surface area contributed by atoms with Gasteiger partial charge in [0, 0.05) is 18.1 Å². The Morgan fingerprint density at radius 1 is 1.26 bits per heavy atom. The van der Waals surface area contributed by atoms with Crippen LogP contribution in [0.2, 0.25) is 0 Å². The SMILES string of the molecule is CC(C)C(C)(N)CNC1C2CC3CC1CC(O)(C3)C2. The molecule has 0 aromatic heterocycles. The highest BCUT2D eigenvalue weighted by Gasteiger charge is 2.54. The summed E-state index contributed by atoms with van der Waals surface area (Å²) in [7, 11) is 0. The average Bonchev–Trinajstić information content (AvgIpc) is 2.25. The molecule has 4 rings (SSSR count). The minimum Gasteiger partial charge on any atom is -0.390 e. The van der Waals surface area contributed by atoms with E-state index in [0.29, 0.717) is 23.8 Å². The molecule has 4 saturated carbocycles. The Balaban J connectivity index is 1.64. The van der Waals surface area contributed by atoms with Gasteiger partial charge in [0.25, 0.3) is 0 Å². The summed E-state index contributed by atoms with van der Waals surface area (Å²) in [6.45, 7) is 7.43. The first kappa shape index (κ1) is 13.8. The normalized spacial score (nSPS) is 47.7. The van der Waals surface area contributed by atoms with Crippen LogP contribution >= 0.6 is 0 Å². The summed E-state index contributed by atoms with van der Waals surface area (Å²) in [5.41, 5.74) is 5.92. The summed E-state index contributed by atoms with van der Waals surface area (Å²) in [4.78, 5) is 0. The fourth-order valence-electron chi connectivity index (χ4n) is 4.86. The van der Waals surface area contributed by atoms with Gasteiger partial charge in [-0.15, -0.1) is 0 Å². The third kappa shape index (κ3) is 2.45. The highest BCUT2D eigenvalue weighted by molar-refractivity contribution is 5.08. The van der Waals surface area contributed by atoms with Crippen LogP contribution in [0.25, 0.3) is 0 Å². The number of nitrogens with two attached hydrogens (primary N) is 1. The summed E-state index contributed by atoms with van der Waals surface area (Å²) < 4.78 is 0. The van der Waals surface area contributed by atoms with Crippen LogP contribution in [0, 0.1) is 23.7 Å². The summed E-state index contributed by atoms with van der Waals surface area (Å²) >= 11 is 0. The number of hydrogen-bond donors (Lipinski definition) is 3. The summed E-state index contributed by atoms with van der Waals surface area (Å²) in [5, 5.41) is 14.4. The highest BCUT2D eigenvalue weighted by atomic mass is 16.3. The van der Waals surface area contributed by atoms with Gasteiger partial charge in [-0.1, -0.05) is 13.8 Å². The van der Waals surface area contributed by atoms with Crippen LogP contribution in [0.4, 0.5) is 0 Å². The second kappa shape index (κ2) is 4.44. The third-order valence-electron chi connectivity index (χ3n) is 6.28. The van der Waals surface area contributed by atoms with Gasteiger partial charge >= 0.3 is 0 Å². The molecule has 0 saturated heterocycles. The quantitative estimate of drug-likeness (QED) is 0.728. The zero-order valence-electron chi connectivity index (χ0n) is 12.7. The lowest BCUT2D eigenvalue weighted by atomic mass is 9.52. The first-order valence-corrected chi connectivity index (χ1v) is 8.04. The second-order valence-corrected chi connectivity index (χ2v) is 8.26. The van der Waals surface area contributed by atoms with E-state index in [-0.39, 0.29) is 11.1 Å². The third-order valence-corrected chi connectivity index (χ3v) is 6.28. The first-order valence-electron chi connectivity index (χ1n) is 8.04. The lowest BCUT2D eigenvalue weighted by Gasteiger charge is -2.58. The molecular formula is C16H30N2O. The molecule has 0 spiro atoms. The predicted molar refractivity (Wildman–Crippen MR) is 77.7 cm³/mol. The minimum atomic E-state index is -0.321. The number of rotatable bonds is 4. The summed E-state index contributed by atoms with van der Waals surface area (Å²) in [5.74, 6) is 2.63. The first-order chi connectivity index (χ1) is 8.79. The fraction of sp³-hybridized carbons (Fsp3) is 1.00. The van der Waals surface area contributed by atoms with E-state index in [9.17, 15) is 5.11 Å². The molecule has 0 aromatic carbocycles. The van der Waals surface area contributed by atoms with Crippen molar-refractivity contribution in [2.75, 3.05) is 6.54 Å². The van der Waals surface area contributed by atoms with Crippen LogP contribution in [0.15, 0.2) is 0 Å². The molecular weight excluding hydrogens is 236 g/mol. The van der Waals surface area contributed by atoms with Crippen LogP contribution in [0.5, 0.6) is 0 Å². The molecule has 4 fully saturated rings. The van der Waals surface area contributed by atoms with Crippen molar-refractivity contribution >= 4 is 0 Å². The molecule has 0 aliphatic heterocycles. The molecule has 0 aromatic rings. The maximum absolute atomic E-state index is 10.6. The molecule has 3 unspecified atom stereocenters. The Bertz CT molecular complexity index is 337. The van der Waals surface area contributed by atoms with Gasteiger partial charge in [-0.3, -0.25) is 0 Å². The van der Waals surface area contributed by atoms with Crippen molar-refractivity contribution in [2.45, 2.75) is 70.1 Å². The Hall–Kier alpha value is -0.120. The van der Waals surface area contributed by atoms with Crippen molar-refractivity contribution in [1.82, 2.24) is 5.32 Å². The van der Waals surface area contributed by atoms with E-state index >= 15 is 0 Å². The largest absolute Gasteiger partial charge is 0.390 e. The molecule has 4 aliphatic carbocycles. The van der Waals surface area contributed by atoms with Crippen LogP contribution in [-0.4, -0.2) is 28.8 Å². The van der Waals surface area contributed by atoms with E-state index in [1.807, 2.05) is 0 Å². The molecule has 0 amide bonds. The number of nitrogens with one attached hydrogen (secondary N) is 1. The van der Waals surface area contributed by atoms with Crippen LogP contribution < -0.4 is 11.1 Å². The van der Waals surface area contributed by atoms with E-state index in [1.54, 1.807) is 0 Å². The maximum Gasteiger partial charge on any atom is 0.0657 e. The van der Waals surface area contributed by atoms with Gasteiger partial charge in [0.2, 0.25) is 0 Å². The molecule has 0 heterocycles. The van der Waals surface area contributed by atoms with E-state index in [2.05, 4.69) is 26.1 Å².